The lowest BCUT2D eigenvalue weighted by atomic mass is 10.1. The topological polar surface area (TPSA) is 29.9 Å². The third-order valence-electron chi connectivity index (χ3n) is 3.71. The van der Waals surface area contributed by atoms with Crippen LogP contribution in [0.15, 0.2) is 24.0 Å². The maximum Gasteiger partial charge on any atom is 0.112 e. The highest BCUT2D eigenvalue weighted by atomic mass is 32.1. The molecule has 4 heteroatoms. The summed E-state index contributed by atoms with van der Waals surface area (Å²) in [7, 11) is 2.07. The second-order valence-corrected chi connectivity index (χ2v) is 5.90. The van der Waals surface area contributed by atoms with E-state index in [4.69, 9.17) is 0 Å². The van der Waals surface area contributed by atoms with Crippen molar-refractivity contribution in [3.8, 4) is 0 Å². The quantitative estimate of drug-likeness (QED) is 0.861. The minimum Gasteiger partial charge on any atom is -0.347 e. The van der Waals surface area contributed by atoms with Gasteiger partial charge in [0, 0.05) is 30.0 Å². The van der Waals surface area contributed by atoms with Crippen molar-refractivity contribution in [2.24, 2.45) is 0 Å². The summed E-state index contributed by atoms with van der Waals surface area (Å²) in [4.78, 5) is 4.36. The molecule has 1 aliphatic rings. The molecule has 0 radical (unpaired) electrons. The molecule has 2 heterocycles. The van der Waals surface area contributed by atoms with Gasteiger partial charge in [-0.3, -0.25) is 0 Å². The molecule has 0 saturated carbocycles. The maximum atomic E-state index is 4.36. The number of nitrogens with one attached hydrogen (secondary N) is 1. The molecule has 1 N–H and O–H groups in total. The zero-order chi connectivity index (χ0) is 12.4. The van der Waals surface area contributed by atoms with Gasteiger partial charge in [0.05, 0.1) is 6.54 Å². The summed E-state index contributed by atoms with van der Waals surface area (Å²) in [6.45, 7) is 0.904. The third kappa shape index (κ3) is 2.35. The fraction of sp³-hybridized carbons (Fsp3) is 0.500. The van der Waals surface area contributed by atoms with E-state index in [1.807, 2.05) is 11.6 Å². The first-order valence-electron chi connectivity index (χ1n) is 6.61. The monoisotopic (exact) mass is 261 g/mol. The predicted octanol–water partition coefficient (Wildman–Crippen LogP) is 2.98. The van der Waals surface area contributed by atoms with Crippen LogP contribution in [0, 0.1) is 0 Å². The second kappa shape index (κ2) is 5.24. The number of hydrogen-bond acceptors (Lipinski definition) is 3. The number of rotatable bonds is 3. The van der Waals surface area contributed by atoms with Crippen LogP contribution in [0.2, 0.25) is 0 Å². The van der Waals surface area contributed by atoms with Crippen LogP contribution in [0.4, 0.5) is 0 Å². The van der Waals surface area contributed by atoms with Crippen molar-refractivity contribution in [3.63, 3.8) is 0 Å². The van der Waals surface area contributed by atoms with Crippen LogP contribution in [-0.4, -0.2) is 16.6 Å². The molecular formula is C14H19N3S. The van der Waals surface area contributed by atoms with Crippen molar-refractivity contribution in [1.82, 2.24) is 14.9 Å². The van der Waals surface area contributed by atoms with Gasteiger partial charge in [-0.1, -0.05) is 6.42 Å². The predicted molar refractivity (Wildman–Crippen MR) is 75.0 cm³/mol. The first kappa shape index (κ1) is 11.9. The van der Waals surface area contributed by atoms with Crippen molar-refractivity contribution in [3.05, 3.63) is 40.1 Å². The molecule has 0 aliphatic heterocycles. The van der Waals surface area contributed by atoms with Gasteiger partial charge in [0.2, 0.25) is 0 Å². The fourth-order valence-corrected chi connectivity index (χ4v) is 3.42. The van der Waals surface area contributed by atoms with Gasteiger partial charge < -0.3 is 9.88 Å². The van der Waals surface area contributed by atoms with E-state index in [2.05, 4.69) is 34.3 Å². The molecule has 0 spiro atoms. The summed E-state index contributed by atoms with van der Waals surface area (Å²) in [5, 5.41) is 6.67. The van der Waals surface area contributed by atoms with Crippen LogP contribution in [-0.2, 0) is 13.0 Å². The van der Waals surface area contributed by atoms with E-state index in [0.717, 1.165) is 6.54 Å². The van der Waals surface area contributed by atoms with E-state index in [1.165, 1.54) is 41.8 Å². The molecule has 1 aliphatic carbocycles. The summed E-state index contributed by atoms with van der Waals surface area (Å²) in [6.07, 6.45) is 11.6. The van der Waals surface area contributed by atoms with E-state index in [0.29, 0.717) is 6.04 Å². The van der Waals surface area contributed by atoms with Gasteiger partial charge in [-0.05, 0) is 37.4 Å². The molecule has 1 unspecified atom stereocenters. The Labute approximate surface area is 112 Å². The number of nitrogens with zero attached hydrogens (tertiary/aromatic N) is 2. The molecule has 96 valence electrons. The van der Waals surface area contributed by atoms with Crippen LogP contribution in [0.5, 0.6) is 0 Å². The van der Waals surface area contributed by atoms with Gasteiger partial charge >= 0.3 is 0 Å². The summed E-state index contributed by atoms with van der Waals surface area (Å²) in [5.41, 5.74) is 3.01. The molecule has 0 saturated heterocycles. The lowest BCUT2D eigenvalue weighted by Crippen LogP contribution is -2.15. The van der Waals surface area contributed by atoms with Gasteiger partial charge in [0.25, 0.3) is 0 Å². The van der Waals surface area contributed by atoms with Gasteiger partial charge in [0.1, 0.15) is 5.01 Å². The second-order valence-electron chi connectivity index (χ2n) is 4.92. The van der Waals surface area contributed by atoms with Crippen molar-refractivity contribution >= 4 is 11.3 Å². The lowest BCUT2D eigenvalue weighted by molar-refractivity contribution is 0.531. The number of aryl methyl sites for hydroxylation is 1. The Morgan fingerprint density at radius 2 is 2.39 bits per heavy atom. The van der Waals surface area contributed by atoms with Crippen LogP contribution in [0.25, 0.3) is 0 Å². The minimum absolute atomic E-state index is 0.528. The average molecular weight is 261 g/mol. The molecule has 2 aromatic heterocycles. The van der Waals surface area contributed by atoms with Crippen LogP contribution in [0.3, 0.4) is 0 Å². The summed E-state index contributed by atoms with van der Waals surface area (Å²) in [5.74, 6) is 0. The molecule has 0 fully saturated rings. The molecule has 0 aromatic carbocycles. The Hall–Kier alpha value is -1.13. The molecule has 3 nitrogen and oxygen atoms in total. The van der Waals surface area contributed by atoms with Crippen molar-refractivity contribution in [2.45, 2.75) is 38.3 Å². The number of hydrogen-bond donors (Lipinski definition) is 1. The number of aromatic nitrogens is 2. The van der Waals surface area contributed by atoms with Crippen molar-refractivity contribution in [2.75, 3.05) is 7.05 Å². The largest absolute Gasteiger partial charge is 0.347 e. The van der Waals surface area contributed by atoms with Crippen LogP contribution < -0.4 is 5.32 Å². The van der Waals surface area contributed by atoms with Crippen molar-refractivity contribution in [1.29, 1.82) is 0 Å². The zero-order valence-electron chi connectivity index (χ0n) is 10.7. The molecule has 1 atom stereocenters. The first-order chi connectivity index (χ1) is 8.86. The standard InChI is InChI=1S/C14H19N3S/c1-15-13-5-3-2-4-11-8-17(9-12(11)13)10-14-16-6-7-18-14/h6-9,13,15H,2-5,10H2,1H3. The van der Waals surface area contributed by atoms with E-state index >= 15 is 0 Å². The smallest absolute Gasteiger partial charge is 0.112 e. The highest BCUT2D eigenvalue weighted by molar-refractivity contribution is 7.09. The van der Waals surface area contributed by atoms with E-state index in [-0.39, 0.29) is 0 Å². The maximum absolute atomic E-state index is 4.36. The average Bonchev–Trinajstić information content (AvgIpc) is 2.97. The van der Waals surface area contributed by atoms with Gasteiger partial charge in [0.15, 0.2) is 0 Å². The summed E-state index contributed by atoms with van der Waals surface area (Å²) in [6, 6.07) is 0.528. The van der Waals surface area contributed by atoms with Crippen LogP contribution in [0.1, 0.15) is 41.4 Å². The van der Waals surface area contributed by atoms with E-state index < -0.39 is 0 Å². The molecule has 2 aromatic rings. The molecule has 0 amide bonds. The Balaban J connectivity index is 1.86. The number of thiazole rings is 1. The SMILES string of the molecule is CNC1CCCCc2cn(Cc3nccs3)cc21. The fourth-order valence-electron chi connectivity index (χ4n) is 2.79. The summed E-state index contributed by atoms with van der Waals surface area (Å²) < 4.78 is 2.29. The molecule has 3 rings (SSSR count). The highest BCUT2D eigenvalue weighted by Crippen LogP contribution is 2.29. The molecule has 18 heavy (non-hydrogen) atoms. The number of fused-ring (bicyclic) bond motifs is 1. The van der Waals surface area contributed by atoms with Gasteiger partial charge in [-0.15, -0.1) is 11.3 Å². The third-order valence-corrected chi connectivity index (χ3v) is 4.48. The Kier molecular flexibility index (Phi) is 3.48. The minimum atomic E-state index is 0.528. The van der Waals surface area contributed by atoms with Crippen LogP contribution >= 0.6 is 11.3 Å². The Morgan fingerprint density at radius 1 is 1.44 bits per heavy atom. The molecule has 0 bridgehead atoms. The summed E-state index contributed by atoms with van der Waals surface area (Å²) >= 11 is 1.73. The lowest BCUT2D eigenvalue weighted by Gasteiger charge is -2.13. The first-order valence-corrected chi connectivity index (χ1v) is 7.49. The van der Waals surface area contributed by atoms with E-state index in [9.17, 15) is 0 Å². The Bertz CT molecular complexity index is 501. The van der Waals surface area contributed by atoms with Crippen molar-refractivity contribution < 1.29 is 0 Å². The highest BCUT2D eigenvalue weighted by Gasteiger charge is 2.19. The van der Waals surface area contributed by atoms with Gasteiger partial charge in [-0.25, -0.2) is 4.98 Å². The normalized spacial score (nSPS) is 19.5. The van der Waals surface area contributed by atoms with Gasteiger partial charge in [-0.2, -0.15) is 0 Å². The Morgan fingerprint density at radius 3 is 3.17 bits per heavy atom. The van der Waals surface area contributed by atoms with E-state index in [1.54, 1.807) is 11.3 Å². The molecular weight excluding hydrogens is 242 g/mol. The zero-order valence-corrected chi connectivity index (χ0v) is 11.5.